The van der Waals surface area contributed by atoms with Gasteiger partial charge in [0.1, 0.15) is 0 Å². The molecule has 1 aromatic rings. The summed E-state index contributed by atoms with van der Waals surface area (Å²) in [6.45, 7) is 13.8. The van der Waals surface area contributed by atoms with Gasteiger partial charge in [-0.05, 0) is 73.3 Å². The zero-order chi connectivity index (χ0) is 15.9. The summed E-state index contributed by atoms with van der Waals surface area (Å²) in [5, 5.41) is 0. The summed E-state index contributed by atoms with van der Waals surface area (Å²) in [4.78, 5) is 2.65. The van der Waals surface area contributed by atoms with Crippen LogP contribution in [-0.4, -0.2) is 31.1 Å². The van der Waals surface area contributed by atoms with Gasteiger partial charge in [0, 0.05) is 12.5 Å². The van der Waals surface area contributed by atoms with E-state index in [4.69, 9.17) is 5.73 Å². The predicted octanol–water partition coefficient (Wildman–Crippen LogP) is 3.68. The van der Waals surface area contributed by atoms with E-state index in [9.17, 15) is 0 Å². The Morgan fingerprint density at radius 2 is 1.91 bits per heavy atom. The number of hydrogen-bond acceptors (Lipinski definition) is 2. The van der Waals surface area contributed by atoms with Crippen molar-refractivity contribution in [2.45, 2.75) is 51.9 Å². The highest BCUT2D eigenvalue weighted by Gasteiger charge is 2.39. The van der Waals surface area contributed by atoms with Gasteiger partial charge in [-0.3, -0.25) is 0 Å². The van der Waals surface area contributed by atoms with Gasteiger partial charge in [0.25, 0.3) is 0 Å². The van der Waals surface area contributed by atoms with Crippen molar-refractivity contribution in [3.05, 3.63) is 34.9 Å². The van der Waals surface area contributed by atoms with E-state index in [1.54, 1.807) is 0 Å². The largest absolute Gasteiger partial charge is 0.330 e. The number of rotatable bonds is 3. The first kappa shape index (κ1) is 16.0. The Kier molecular flexibility index (Phi) is 4.35. The summed E-state index contributed by atoms with van der Waals surface area (Å²) in [5.41, 5.74) is 10.8. The number of benzene rings is 1. The lowest BCUT2D eigenvalue weighted by molar-refractivity contribution is 0.0377. The van der Waals surface area contributed by atoms with Crippen LogP contribution in [0.5, 0.6) is 0 Å². The third-order valence-electron chi connectivity index (χ3n) is 6.02. The van der Waals surface area contributed by atoms with Crippen LogP contribution in [0.25, 0.3) is 0 Å². The minimum atomic E-state index is 0.205. The monoisotopic (exact) mass is 300 g/mol. The quantitative estimate of drug-likeness (QED) is 0.922. The maximum Gasteiger partial charge on any atom is 0.00187 e. The standard InChI is InChI=1S/C20H32N2/c1-14-5-6-16(20(2,3)4)11-17(14)18(12-21)19-13-22-9-7-15(19)8-10-22/h5-6,11,15,18-19H,7-10,12-13,21H2,1-4H3. The van der Waals surface area contributed by atoms with Crippen LogP contribution in [-0.2, 0) is 5.41 Å². The first-order valence-corrected chi connectivity index (χ1v) is 8.93. The molecule has 0 aromatic heterocycles. The Morgan fingerprint density at radius 3 is 2.41 bits per heavy atom. The SMILES string of the molecule is Cc1ccc(C(C)(C)C)cc1C(CN)C1CN2CCC1CC2. The molecule has 3 aliphatic heterocycles. The number of piperidine rings is 3. The van der Waals surface area contributed by atoms with Gasteiger partial charge < -0.3 is 10.6 Å². The molecule has 0 amide bonds. The second-order valence-electron chi connectivity index (χ2n) is 8.47. The predicted molar refractivity (Wildman–Crippen MR) is 94.3 cm³/mol. The van der Waals surface area contributed by atoms with Crippen LogP contribution in [0.4, 0.5) is 0 Å². The van der Waals surface area contributed by atoms with E-state index in [1.165, 1.54) is 49.2 Å². The van der Waals surface area contributed by atoms with Crippen LogP contribution >= 0.6 is 0 Å². The highest BCUT2D eigenvalue weighted by atomic mass is 15.1. The van der Waals surface area contributed by atoms with Gasteiger partial charge in [-0.25, -0.2) is 0 Å². The average Bonchev–Trinajstić information content (AvgIpc) is 2.50. The van der Waals surface area contributed by atoms with Gasteiger partial charge in [0.05, 0.1) is 0 Å². The topological polar surface area (TPSA) is 29.3 Å². The van der Waals surface area contributed by atoms with Gasteiger partial charge in [-0.2, -0.15) is 0 Å². The van der Waals surface area contributed by atoms with Crippen LogP contribution < -0.4 is 5.73 Å². The van der Waals surface area contributed by atoms with Gasteiger partial charge in [0.2, 0.25) is 0 Å². The molecule has 2 bridgehead atoms. The second-order valence-corrected chi connectivity index (χ2v) is 8.47. The molecule has 122 valence electrons. The normalized spacial score (nSPS) is 29.6. The minimum absolute atomic E-state index is 0.205. The number of hydrogen-bond donors (Lipinski definition) is 1. The number of nitrogens with two attached hydrogens (primary N) is 1. The summed E-state index contributed by atoms with van der Waals surface area (Å²) in [6.07, 6.45) is 2.75. The Labute approximate surface area is 136 Å². The molecule has 2 heteroatoms. The molecule has 2 unspecified atom stereocenters. The molecule has 0 aliphatic carbocycles. The lowest BCUT2D eigenvalue weighted by atomic mass is 9.69. The summed E-state index contributed by atoms with van der Waals surface area (Å²) in [5.74, 6) is 2.16. The van der Waals surface area contributed by atoms with Gasteiger partial charge in [0.15, 0.2) is 0 Å². The highest BCUT2D eigenvalue weighted by Crippen LogP contribution is 2.42. The minimum Gasteiger partial charge on any atom is -0.330 e. The lowest BCUT2D eigenvalue weighted by Gasteiger charge is -2.48. The van der Waals surface area contributed by atoms with Crippen LogP contribution in [0.1, 0.15) is 56.2 Å². The molecule has 4 rings (SSSR count). The summed E-state index contributed by atoms with van der Waals surface area (Å²) in [6, 6.07) is 7.05. The van der Waals surface area contributed by atoms with E-state index in [1.807, 2.05) is 0 Å². The molecule has 0 spiro atoms. The molecule has 3 fully saturated rings. The lowest BCUT2D eigenvalue weighted by Crippen LogP contribution is -2.50. The Hall–Kier alpha value is -0.860. The van der Waals surface area contributed by atoms with Crippen molar-refractivity contribution in [3.63, 3.8) is 0 Å². The van der Waals surface area contributed by atoms with Crippen molar-refractivity contribution >= 4 is 0 Å². The molecule has 22 heavy (non-hydrogen) atoms. The zero-order valence-corrected chi connectivity index (χ0v) is 14.7. The second kappa shape index (κ2) is 5.98. The van der Waals surface area contributed by atoms with Gasteiger partial charge in [-0.15, -0.1) is 0 Å². The average molecular weight is 300 g/mol. The third kappa shape index (κ3) is 2.96. The van der Waals surface area contributed by atoms with Crippen LogP contribution in [0.3, 0.4) is 0 Å². The van der Waals surface area contributed by atoms with Crippen molar-refractivity contribution in [1.82, 2.24) is 4.90 Å². The first-order valence-electron chi connectivity index (χ1n) is 8.93. The summed E-state index contributed by atoms with van der Waals surface area (Å²) in [7, 11) is 0. The van der Waals surface area contributed by atoms with E-state index in [0.717, 1.165) is 18.4 Å². The summed E-state index contributed by atoms with van der Waals surface area (Å²) < 4.78 is 0. The van der Waals surface area contributed by atoms with Crippen molar-refractivity contribution in [3.8, 4) is 0 Å². The molecule has 3 saturated heterocycles. The maximum atomic E-state index is 6.28. The Morgan fingerprint density at radius 1 is 1.23 bits per heavy atom. The number of aryl methyl sites for hydroxylation is 1. The molecule has 2 N–H and O–H groups in total. The van der Waals surface area contributed by atoms with E-state index in [0.29, 0.717) is 5.92 Å². The Bertz CT molecular complexity index is 521. The van der Waals surface area contributed by atoms with Gasteiger partial charge >= 0.3 is 0 Å². The zero-order valence-electron chi connectivity index (χ0n) is 14.7. The van der Waals surface area contributed by atoms with Crippen molar-refractivity contribution in [2.24, 2.45) is 17.6 Å². The van der Waals surface area contributed by atoms with E-state index < -0.39 is 0 Å². The molecular weight excluding hydrogens is 268 g/mol. The maximum absolute atomic E-state index is 6.28. The molecule has 3 aliphatic rings. The number of nitrogens with zero attached hydrogens (tertiary/aromatic N) is 1. The van der Waals surface area contributed by atoms with Gasteiger partial charge in [-0.1, -0.05) is 39.0 Å². The first-order chi connectivity index (χ1) is 10.4. The van der Waals surface area contributed by atoms with Crippen LogP contribution in [0.2, 0.25) is 0 Å². The number of fused-ring (bicyclic) bond motifs is 3. The summed E-state index contributed by atoms with van der Waals surface area (Å²) >= 11 is 0. The fourth-order valence-electron chi connectivity index (χ4n) is 4.51. The van der Waals surface area contributed by atoms with Crippen molar-refractivity contribution in [2.75, 3.05) is 26.2 Å². The van der Waals surface area contributed by atoms with Crippen LogP contribution in [0.15, 0.2) is 18.2 Å². The molecule has 1 aromatic carbocycles. The van der Waals surface area contributed by atoms with E-state index in [2.05, 4.69) is 50.8 Å². The van der Waals surface area contributed by atoms with Crippen LogP contribution in [0, 0.1) is 18.8 Å². The van der Waals surface area contributed by atoms with Crippen molar-refractivity contribution in [1.29, 1.82) is 0 Å². The van der Waals surface area contributed by atoms with E-state index >= 15 is 0 Å². The highest BCUT2D eigenvalue weighted by molar-refractivity contribution is 5.37. The third-order valence-corrected chi connectivity index (χ3v) is 6.02. The fraction of sp³-hybridized carbons (Fsp3) is 0.700. The smallest absolute Gasteiger partial charge is 0.00187 e. The Balaban J connectivity index is 1.93. The molecule has 3 heterocycles. The van der Waals surface area contributed by atoms with Crippen molar-refractivity contribution < 1.29 is 0 Å². The molecule has 2 atom stereocenters. The molecule has 0 saturated carbocycles. The van der Waals surface area contributed by atoms with E-state index in [-0.39, 0.29) is 5.41 Å². The molecule has 0 radical (unpaired) electrons. The molecular formula is C20H32N2. The fourth-order valence-corrected chi connectivity index (χ4v) is 4.51. The molecule has 2 nitrogen and oxygen atoms in total.